The van der Waals surface area contributed by atoms with Gasteiger partial charge in [-0.25, -0.2) is 4.98 Å². The number of rotatable bonds is 7. The quantitative estimate of drug-likeness (QED) is 0.590. The number of ether oxygens (including phenoxy) is 2. The number of amides is 1. The lowest BCUT2D eigenvalue weighted by molar-refractivity contribution is 0.102. The van der Waals surface area contributed by atoms with E-state index in [2.05, 4.69) is 32.2 Å². The number of carbonyl (C=O) groups is 1. The molecule has 1 fully saturated rings. The average Bonchev–Trinajstić information content (AvgIpc) is 3.10. The minimum atomic E-state index is -0.135. The average molecular weight is 447 g/mol. The first kappa shape index (κ1) is 22.6. The van der Waals surface area contributed by atoms with Crippen LogP contribution < -0.4 is 19.7 Å². The predicted molar refractivity (Wildman–Crippen MR) is 130 cm³/mol. The maximum absolute atomic E-state index is 12.3. The number of benzene rings is 2. The number of nitrogens with one attached hydrogen (secondary N) is 1. The molecule has 1 aromatic heterocycles. The van der Waals surface area contributed by atoms with Crippen LogP contribution in [-0.4, -0.2) is 56.2 Å². The van der Waals surface area contributed by atoms with Gasteiger partial charge in [-0.05, 0) is 48.4 Å². The fourth-order valence-electron chi connectivity index (χ4n) is 4.01. The number of methoxy groups -OCH3 is 2. The Morgan fingerprint density at radius 2 is 1.70 bits per heavy atom. The van der Waals surface area contributed by atoms with Crippen molar-refractivity contribution < 1.29 is 14.3 Å². The van der Waals surface area contributed by atoms with Crippen molar-refractivity contribution in [2.45, 2.75) is 13.0 Å². The molecule has 2 heterocycles. The van der Waals surface area contributed by atoms with Crippen LogP contribution in [0.4, 0.5) is 11.5 Å². The lowest BCUT2D eigenvalue weighted by Gasteiger charge is -2.23. The van der Waals surface area contributed by atoms with Crippen LogP contribution in [0.3, 0.4) is 0 Å². The molecule has 0 unspecified atom stereocenters. The van der Waals surface area contributed by atoms with E-state index in [0.29, 0.717) is 11.3 Å². The second kappa shape index (κ2) is 10.8. The van der Waals surface area contributed by atoms with Gasteiger partial charge in [0.1, 0.15) is 17.3 Å². The molecule has 1 aliphatic rings. The Kier molecular flexibility index (Phi) is 7.42. The van der Waals surface area contributed by atoms with Crippen LogP contribution in [0.25, 0.3) is 0 Å². The molecule has 4 rings (SSSR count). The number of anilines is 2. The Labute approximate surface area is 195 Å². The van der Waals surface area contributed by atoms with E-state index in [4.69, 9.17) is 9.47 Å². The molecule has 172 valence electrons. The van der Waals surface area contributed by atoms with Gasteiger partial charge in [0.15, 0.2) is 0 Å². The predicted octanol–water partition coefficient (Wildman–Crippen LogP) is 4.06. The second-order valence-corrected chi connectivity index (χ2v) is 8.06. The zero-order chi connectivity index (χ0) is 23.0. The van der Waals surface area contributed by atoms with Gasteiger partial charge in [-0.15, -0.1) is 0 Å². The van der Waals surface area contributed by atoms with E-state index >= 15 is 0 Å². The SMILES string of the molecule is COc1cc(CN2CCCN(c3ccc(NC(=O)c4ccccc4)cn3)CC2)cc(OC)c1. The summed E-state index contributed by atoms with van der Waals surface area (Å²) in [7, 11) is 3.35. The van der Waals surface area contributed by atoms with Gasteiger partial charge in [-0.3, -0.25) is 9.69 Å². The Balaban J connectivity index is 1.34. The highest BCUT2D eigenvalue weighted by Gasteiger charge is 2.17. The third-order valence-corrected chi connectivity index (χ3v) is 5.77. The van der Waals surface area contributed by atoms with Crippen LogP contribution in [0.15, 0.2) is 66.9 Å². The van der Waals surface area contributed by atoms with Gasteiger partial charge in [-0.1, -0.05) is 18.2 Å². The summed E-state index contributed by atoms with van der Waals surface area (Å²) in [6.45, 7) is 4.64. The lowest BCUT2D eigenvalue weighted by atomic mass is 10.2. The van der Waals surface area contributed by atoms with Crippen LogP contribution in [0.2, 0.25) is 0 Å². The van der Waals surface area contributed by atoms with Crippen LogP contribution in [-0.2, 0) is 6.54 Å². The van der Waals surface area contributed by atoms with E-state index in [1.165, 1.54) is 5.56 Å². The van der Waals surface area contributed by atoms with Crippen LogP contribution in [0, 0.1) is 0 Å². The van der Waals surface area contributed by atoms with Crippen molar-refractivity contribution in [2.24, 2.45) is 0 Å². The molecule has 1 aliphatic heterocycles. The Morgan fingerprint density at radius 1 is 0.939 bits per heavy atom. The van der Waals surface area contributed by atoms with E-state index in [-0.39, 0.29) is 5.91 Å². The minimum Gasteiger partial charge on any atom is -0.497 e. The first-order valence-corrected chi connectivity index (χ1v) is 11.2. The number of hydrogen-bond donors (Lipinski definition) is 1. The first-order chi connectivity index (χ1) is 16.1. The fourth-order valence-corrected chi connectivity index (χ4v) is 4.01. The number of pyridine rings is 1. The van der Waals surface area contributed by atoms with E-state index in [0.717, 1.165) is 56.5 Å². The highest BCUT2D eigenvalue weighted by molar-refractivity contribution is 6.04. The molecule has 1 amide bonds. The minimum absolute atomic E-state index is 0.135. The largest absolute Gasteiger partial charge is 0.497 e. The molecule has 1 N–H and O–H groups in total. The zero-order valence-electron chi connectivity index (χ0n) is 19.2. The second-order valence-electron chi connectivity index (χ2n) is 8.06. The summed E-state index contributed by atoms with van der Waals surface area (Å²) in [6, 6.07) is 19.1. The van der Waals surface area contributed by atoms with Crippen molar-refractivity contribution in [3.8, 4) is 11.5 Å². The highest BCUT2D eigenvalue weighted by atomic mass is 16.5. The van der Waals surface area contributed by atoms with E-state index in [9.17, 15) is 4.79 Å². The van der Waals surface area contributed by atoms with E-state index in [1.54, 1.807) is 32.5 Å². The Bertz CT molecular complexity index is 1030. The van der Waals surface area contributed by atoms with Gasteiger partial charge in [-0.2, -0.15) is 0 Å². The van der Waals surface area contributed by atoms with Crippen LogP contribution in [0.1, 0.15) is 22.3 Å². The van der Waals surface area contributed by atoms with Gasteiger partial charge < -0.3 is 19.7 Å². The molecule has 0 bridgehead atoms. The summed E-state index contributed by atoms with van der Waals surface area (Å²) in [5, 5.41) is 2.91. The molecule has 0 saturated carbocycles. The molecule has 0 radical (unpaired) electrons. The third-order valence-electron chi connectivity index (χ3n) is 5.77. The van der Waals surface area contributed by atoms with Crippen molar-refractivity contribution in [1.82, 2.24) is 9.88 Å². The van der Waals surface area contributed by atoms with Crippen molar-refractivity contribution in [1.29, 1.82) is 0 Å². The lowest BCUT2D eigenvalue weighted by Crippen LogP contribution is -2.31. The molecule has 3 aromatic rings. The van der Waals surface area contributed by atoms with Crippen LogP contribution >= 0.6 is 0 Å². The molecule has 1 saturated heterocycles. The topological polar surface area (TPSA) is 66.9 Å². The maximum Gasteiger partial charge on any atom is 0.255 e. The van der Waals surface area contributed by atoms with Crippen molar-refractivity contribution in [3.05, 3.63) is 78.0 Å². The summed E-state index contributed by atoms with van der Waals surface area (Å²) in [4.78, 5) is 21.7. The first-order valence-electron chi connectivity index (χ1n) is 11.2. The van der Waals surface area contributed by atoms with Gasteiger partial charge in [0, 0.05) is 44.4 Å². The maximum atomic E-state index is 12.3. The monoisotopic (exact) mass is 446 g/mol. The normalized spacial score (nSPS) is 14.4. The number of aromatic nitrogens is 1. The smallest absolute Gasteiger partial charge is 0.255 e. The van der Waals surface area contributed by atoms with Gasteiger partial charge in [0.2, 0.25) is 0 Å². The third kappa shape index (κ3) is 6.02. The molecule has 2 aromatic carbocycles. The molecular formula is C26H30N4O3. The molecule has 0 aliphatic carbocycles. The van der Waals surface area contributed by atoms with Crippen molar-refractivity contribution in [2.75, 3.05) is 50.6 Å². The van der Waals surface area contributed by atoms with Crippen LogP contribution in [0.5, 0.6) is 11.5 Å². The van der Waals surface area contributed by atoms with E-state index < -0.39 is 0 Å². The van der Waals surface area contributed by atoms with Gasteiger partial charge >= 0.3 is 0 Å². The Hall–Kier alpha value is -3.58. The standard InChI is InChI=1S/C26H30N4O3/c1-32-23-15-20(16-24(17-23)33-2)19-29-11-6-12-30(14-13-29)25-10-9-22(18-27-25)28-26(31)21-7-4-3-5-8-21/h3-5,7-10,15-18H,6,11-14,19H2,1-2H3,(H,28,31). The van der Waals surface area contributed by atoms with Crippen molar-refractivity contribution in [3.63, 3.8) is 0 Å². The zero-order valence-corrected chi connectivity index (χ0v) is 19.2. The fraction of sp³-hybridized carbons (Fsp3) is 0.308. The molecule has 33 heavy (non-hydrogen) atoms. The Morgan fingerprint density at radius 3 is 2.36 bits per heavy atom. The van der Waals surface area contributed by atoms with Gasteiger partial charge in [0.05, 0.1) is 26.1 Å². The molecular weight excluding hydrogens is 416 g/mol. The van der Waals surface area contributed by atoms with Gasteiger partial charge in [0.25, 0.3) is 5.91 Å². The summed E-state index contributed by atoms with van der Waals surface area (Å²) in [5.41, 5.74) is 2.50. The molecule has 0 atom stereocenters. The molecule has 7 nitrogen and oxygen atoms in total. The number of hydrogen-bond acceptors (Lipinski definition) is 6. The van der Waals surface area contributed by atoms with Crippen molar-refractivity contribution >= 4 is 17.4 Å². The summed E-state index contributed by atoms with van der Waals surface area (Å²) >= 11 is 0. The van der Waals surface area contributed by atoms with E-state index in [1.807, 2.05) is 36.4 Å². The molecule has 0 spiro atoms. The summed E-state index contributed by atoms with van der Waals surface area (Å²) < 4.78 is 10.8. The number of nitrogens with zero attached hydrogens (tertiary/aromatic N) is 3. The molecule has 7 heteroatoms. The summed E-state index contributed by atoms with van der Waals surface area (Å²) in [6.07, 6.45) is 2.77. The summed E-state index contributed by atoms with van der Waals surface area (Å²) in [5.74, 6) is 2.41. The highest BCUT2D eigenvalue weighted by Crippen LogP contribution is 2.24. The number of carbonyl (C=O) groups excluding carboxylic acids is 1.